The van der Waals surface area contributed by atoms with Crippen molar-refractivity contribution in [2.75, 3.05) is 36.5 Å². The number of benzene rings is 2. The molecule has 2 aromatic carbocycles. The molecule has 2 heterocycles. The Morgan fingerprint density at radius 1 is 0.967 bits per heavy atom. The fourth-order valence-electron chi connectivity index (χ4n) is 3.57. The van der Waals surface area contributed by atoms with E-state index < -0.39 is 11.1 Å². The lowest BCUT2D eigenvalue weighted by Gasteiger charge is -2.31. The molecule has 3 aromatic rings. The van der Waals surface area contributed by atoms with Gasteiger partial charge in [0.05, 0.1) is 35.6 Å². The number of halogens is 1. The van der Waals surface area contributed by atoms with Crippen LogP contribution < -0.4 is 21.3 Å². The van der Waals surface area contributed by atoms with Gasteiger partial charge in [-0.05, 0) is 36.4 Å². The lowest BCUT2D eigenvalue weighted by molar-refractivity contribution is 0.102. The van der Waals surface area contributed by atoms with E-state index in [0.29, 0.717) is 53.6 Å². The topological polar surface area (TPSA) is 85.6 Å². The van der Waals surface area contributed by atoms with Crippen molar-refractivity contribution in [3.8, 4) is 0 Å². The van der Waals surface area contributed by atoms with Crippen molar-refractivity contribution >= 4 is 39.9 Å². The van der Waals surface area contributed by atoms with Crippen molar-refractivity contribution in [2.45, 2.75) is 0 Å². The van der Waals surface area contributed by atoms with Gasteiger partial charge in [0.15, 0.2) is 0 Å². The maximum atomic E-state index is 12.8. The van der Waals surface area contributed by atoms with E-state index in [4.69, 9.17) is 16.3 Å². The van der Waals surface area contributed by atoms with E-state index in [-0.39, 0.29) is 5.91 Å². The molecule has 1 fully saturated rings. The second-order valence-corrected chi connectivity index (χ2v) is 7.58. The van der Waals surface area contributed by atoms with Crippen LogP contribution in [0, 0.1) is 0 Å². The summed E-state index contributed by atoms with van der Waals surface area (Å²) in [5.74, 6) is -0.296. The Morgan fingerprint density at radius 3 is 2.13 bits per heavy atom. The summed E-state index contributed by atoms with van der Waals surface area (Å²) in [4.78, 5) is 39.5. The molecule has 30 heavy (non-hydrogen) atoms. The molecular formula is C21H21ClN4O4. The first-order valence-corrected chi connectivity index (χ1v) is 9.88. The van der Waals surface area contributed by atoms with Gasteiger partial charge in [-0.3, -0.25) is 14.4 Å². The van der Waals surface area contributed by atoms with Crippen LogP contribution >= 0.6 is 11.6 Å². The number of nitrogens with one attached hydrogen (secondary N) is 1. The van der Waals surface area contributed by atoms with E-state index >= 15 is 0 Å². The van der Waals surface area contributed by atoms with Gasteiger partial charge in [0.25, 0.3) is 5.91 Å². The third-order valence-corrected chi connectivity index (χ3v) is 5.57. The molecule has 1 aromatic heterocycles. The standard InChI is InChI=1S/C21H21ClN4O4/c1-24-17-11-15(23-19(27)13-3-5-14(22)6-4-13)16(26-7-9-30-10-8-26)12-18(17)25(2)21(29)20(24)28/h3-6,11-12H,7-10H2,1-2H3,(H,23,27). The third-order valence-electron chi connectivity index (χ3n) is 5.31. The molecule has 1 N–H and O–H groups in total. The number of aromatic nitrogens is 2. The monoisotopic (exact) mass is 428 g/mol. The minimum absolute atomic E-state index is 0.296. The van der Waals surface area contributed by atoms with Crippen LogP contribution in [0.2, 0.25) is 5.02 Å². The van der Waals surface area contributed by atoms with Gasteiger partial charge < -0.3 is 24.1 Å². The molecule has 0 spiro atoms. The average Bonchev–Trinajstić information content (AvgIpc) is 2.77. The van der Waals surface area contributed by atoms with Crippen LogP contribution in [0.4, 0.5) is 11.4 Å². The van der Waals surface area contributed by atoms with Gasteiger partial charge in [-0.1, -0.05) is 11.6 Å². The second kappa shape index (κ2) is 7.97. The van der Waals surface area contributed by atoms with Crippen molar-refractivity contribution in [2.24, 2.45) is 14.1 Å². The molecule has 1 amide bonds. The van der Waals surface area contributed by atoms with Gasteiger partial charge in [-0.15, -0.1) is 0 Å². The Labute approximate surface area is 177 Å². The zero-order valence-corrected chi connectivity index (χ0v) is 17.4. The van der Waals surface area contributed by atoms with Crippen LogP contribution in [0.5, 0.6) is 0 Å². The number of hydrogen-bond donors (Lipinski definition) is 1. The summed E-state index contributed by atoms with van der Waals surface area (Å²) < 4.78 is 8.09. The highest BCUT2D eigenvalue weighted by molar-refractivity contribution is 6.30. The number of amides is 1. The highest BCUT2D eigenvalue weighted by Gasteiger charge is 2.20. The second-order valence-electron chi connectivity index (χ2n) is 7.15. The molecule has 8 nitrogen and oxygen atoms in total. The number of carbonyl (C=O) groups excluding carboxylic acids is 1. The quantitative estimate of drug-likeness (QED) is 0.645. The van der Waals surface area contributed by atoms with Crippen LogP contribution in [-0.2, 0) is 18.8 Å². The minimum atomic E-state index is -0.626. The molecule has 0 bridgehead atoms. The van der Waals surface area contributed by atoms with Gasteiger partial charge in [0, 0.05) is 37.8 Å². The number of ether oxygens (including phenoxy) is 1. The first kappa shape index (κ1) is 20.2. The fraction of sp³-hybridized carbons (Fsp3) is 0.286. The van der Waals surface area contributed by atoms with Crippen LogP contribution in [0.3, 0.4) is 0 Å². The van der Waals surface area contributed by atoms with Gasteiger partial charge in [0.1, 0.15) is 0 Å². The summed E-state index contributed by atoms with van der Waals surface area (Å²) in [5.41, 5.74) is 1.70. The van der Waals surface area contributed by atoms with E-state index in [1.54, 1.807) is 44.4 Å². The molecule has 0 radical (unpaired) electrons. The summed E-state index contributed by atoms with van der Waals surface area (Å²) in [6, 6.07) is 10.2. The van der Waals surface area contributed by atoms with E-state index in [1.807, 2.05) is 6.07 Å². The van der Waals surface area contributed by atoms with E-state index in [1.165, 1.54) is 9.13 Å². The number of nitrogens with zero attached hydrogens (tertiary/aromatic N) is 3. The zero-order valence-electron chi connectivity index (χ0n) is 16.6. The summed E-state index contributed by atoms with van der Waals surface area (Å²) >= 11 is 5.92. The highest BCUT2D eigenvalue weighted by atomic mass is 35.5. The molecule has 1 aliphatic rings. The number of morpholine rings is 1. The van der Waals surface area contributed by atoms with Gasteiger partial charge >= 0.3 is 11.1 Å². The van der Waals surface area contributed by atoms with Gasteiger partial charge in [0.2, 0.25) is 0 Å². The van der Waals surface area contributed by atoms with Crippen molar-refractivity contribution in [3.05, 3.63) is 67.7 Å². The number of rotatable bonds is 3. The predicted molar refractivity (Wildman–Crippen MR) is 117 cm³/mol. The summed E-state index contributed by atoms with van der Waals surface area (Å²) in [5, 5.41) is 3.49. The largest absolute Gasteiger partial charge is 0.378 e. The predicted octanol–water partition coefficient (Wildman–Crippen LogP) is 1.98. The maximum Gasteiger partial charge on any atom is 0.316 e. The summed E-state index contributed by atoms with van der Waals surface area (Å²) in [6.07, 6.45) is 0. The maximum absolute atomic E-state index is 12.8. The SMILES string of the molecule is Cn1c(=O)c(=O)n(C)c2cc(N3CCOCC3)c(NC(=O)c3ccc(Cl)cc3)cc21. The molecule has 0 unspecified atom stereocenters. The van der Waals surface area contributed by atoms with Crippen LogP contribution in [0.25, 0.3) is 11.0 Å². The number of hydrogen-bond acceptors (Lipinski definition) is 5. The van der Waals surface area contributed by atoms with Crippen molar-refractivity contribution in [1.82, 2.24) is 9.13 Å². The van der Waals surface area contributed by atoms with E-state index in [9.17, 15) is 14.4 Å². The Morgan fingerprint density at radius 2 is 1.53 bits per heavy atom. The van der Waals surface area contributed by atoms with Crippen LogP contribution in [0.15, 0.2) is 46.0 Å². The number of carbonyl (C=O) groups is 1. The van der Waals surface area contributed by atoms with Gasteiger partial charge in [-0.25, -0.2) is 0 Å². The van der Waals surface area contributed by atoms with E-state index in [2.05, 4.69) is 10.2 Å². The number of fused-ring (bicyclic) bond motifs is 1. The Balaban J connectivity index is 1.87. The zero-order chi connectivity index (χ0) is 21.4. The minimum Gasteiger partial charge on any atom is -0.378 e. The first-order valence-electron chi connectivity index (χ1n) is 9.50. The Hall–Kier alpha value is -3.10. The molecule has 1 saturated heterocycles. The molecule has 0 aliphatic carbocycles. The summed E-state index contributed by atoms with van der Waals surface area (Å²) in [6.45, 7) is 2.42. The molecule has 9 heteroatoms. The third kappa shape index (κ3) is 3.59. The van der Waals surface area contributed by atoms with Crippen molar-refractivity contribution in [3.63, 3.8) is 0 Å². The Bertz CT molecular complexity index is 1240. The van der Waals surface area contributed by atoms with Crippen molar-refractivity contribution < 1.29 is 9.53 Å². The average molecular weight is 429 g/mol. The molecule has 0 saturated carbocycles. The van der Waals surface area contributed by atoms with Crippen LogP contribution in [-0.4, -0.2) is 41.3 Å². The normalized spacial score (nSPS) is 14.2. The summed E-state index contributed by atoms with van der Waals surface area (Å²) in [7, 11) is 3.12. The fourth-order valence-corrected chi connectivity index (χ4v) is 3.70. The first-order chi connectivity index (χ1) is 14.4. The molecular weight excluding hydrogens is 408 g/mol. The molecule has 1 aliphatic heterocycles. The number of anilines is 2. The highest BCUT2D eigenvalue weighted by Crippen LogP contribution is 2.31. The van der Waals surface area contributed by atoms with Crippen molar-refractivity contribution in [1.29, 1.82) is 0 Å². The van der Waals surface area contributed by atoms with Crippen LogP contribution in [0.1, 0.15) is 10.4 Å². The molecule has 156 valence electrons. The number of aryl methyl sites for hydroxylation is 2. The lowest BCUT2D eigenvalue weighted by atomic mass is 10.1. The lowest BCUT2D eigenvalue weighted by Crippen LogP contribution is -2.40. The smallest absolute Gasteiger partial charge is 0.316 e. The van der Waals surface area contributed by atoms with E-state index in [0.717, 1.165) is 5.69 Å². The molecule has 0 atom stereocenters. The Kier molecular flexibility index (Phi) is 5.36. The molecule has 4 rings (SSSR count). The van der Waals surface area contributed by atoms with Gasteiger partial charge in [-0.2, -0.15) is 0 Å².